The zero-order valence-corrected chi connectivity index (χ0v) is 13.1. The molecule has 2 heterocycles. The number of nitrogens with one attached hydrogen (secondary N) is 1. The number of amides is 1. The van der Waals surface area contributed by atoms with E-state index in [-0.39, 0.29) is 11.9 Å². The Labute approximate surface area is 130 Å². The number of hydrogen-bond acceptors (Lipinski definition) is 3. The normalized spacial score (nSPS) is 17.4. The molecule has 3 rings (SSSR count). The molecule has 1 N–H and O–H groups in total. The average molecular weight is 349 g/mol. The summed E-state index contributed by atoms with van der Waals surface area (Å²) in [6, 6.07) is 10.1. The third kappa shape index (κ3) is 2.88. The van der Waals surface area contributed by atoms with Crippen LogP contribution in [-0.4, -0.2) is 16.6 Å². The van der Waals surface area contributed by atoms with E-state index in [0.717, 1.165) is 16.6 Å². The molecule has 1 amide bonds. The van der Waals surface area contributed by atoms with E-state index in [1.807, 2.05) is 23.9 Å². The Hall–Kier alpha value is -1.33. The summed E-state index contributed by atoms with van der Waals surface area (Å²) in [5, 5.41) is 3.11. The molecule has 0 spiro atoms. The summed E-state index contributed by atoms with van der Waals surface area (Å²) in [7, 11) is 0. The molecule has 2 aromatic rings. The summed E-state index contributed by atoms with van der Waals surface area (Å²) in [5.41, 5.74) is 1.79. The Morgan fingerprint density at radius 2 is 2.20 bits per heavy atom. The zero-order chi connectivity index (χ0) is 13.9. The van der Waals surface area contributed by atoms with E-state index in [4.69, 9.17) is 0 Å². The molecule has 102 valence electrons. The number of benzene rings is 1. The van der Waals surface area contributed by atoms with Crippen molar-refractivity contribution in [2.75, 3.05) is 5.75 Å². The summed E-state index contributed by atoms with van der Waals surface area (Å²) >= 11 is 5.18. The van der Waals surface area contributed by atoms with Crippen molar-refractivity contribution in [3.8, 4) is 0 Å². The summed E-state index contributed by atoms with van der Waals surface area (Å²) in [5.74, 6) is 0.948. The van der Waals surface area contributed by atoms with Gasteiger partial charge < -0.3 is 5.32 Å². The minimum absolute atomic E-state index is 0.0782. The first-order valence-corrected chi connectivity index (χ1v) is 8.15. The van der Waals surface area contributed by atoms with E-state index in [9.17, 15) is 4.79 Å². The van der Waals surface area contributed by atoms with Crippen LogP contribution in [0.1, 0.15) is 28.4 Å². The number of aromatic nitrogens is 1. The number of carbonyl (C=O) groups excluding carboxylic acids is 1. The molecule has 0 unspecified atom stereocenters. The van der Waals surface area contributed by atoms with Gasteiger partial charge in [0.2, 0.25) is 0 Å². The van der Waals surface area contributed by atoms with Gasteiger partial charge in [-0.2, -0.15) is 0 Å². The fraction of sp³-hybridized carbons (Fsp3) is 0.200. The number of hydrogen-bond donors (Lipinski definition) is 1. The van der Waals surface area contributed by atoms with Crippen LogP contribution in [0.5, 0.6) is 0 Å². The summed E-state index contributed by atoms with van der Waals surface area (Å²) in [4.78, 5) is 17.6. The zero-order valence-electron chi connectivity index (χ0n) is 10.7. The lowest BCUT2D eigenvalue weighted by atomic mass is 10.0. The second kappa shape index (κ2) is 5.97. The van der Waals surface area contributed by atoms with Crippen LogP contribution in [0.2, 0.25) is 0 Å². The maximum atomic E-state index is 12.3. The highest BCUT2D eigenvalue weighted by Gasteiger charge is 2.22. The molecule has 1 aliphatic rings. The van der Waals surface area contributed by atoms with Gasteiger partial charge in [0, 0.05) is 27.5 Å². The first-order valence-electron chi connectivity index (χ1n) is 6.37. The Bertz CT molecular complexity index is 647. The van der Waals surface area contributed by atoms with Crippen LogP contribution in [0.25, 0.3) is 0 Å². The molecule has 1 aromatic heterocycles. The van der Waals surface area contributed by atoms with Crippen molar-refractivity contribution in [2.24, 2.45) is 0 Å². The Morgan fingerprint density at radius 1 is 1.35 bits per heavy atom. The van der Waals surface area contributed by atoms with E-state index in [2.05, 4.69) is 38.4 Å². The Balaban J connectivity index is 1.81. The van der Waals surface area contributed by atoms with Crippen molar-refractivity contribution in [3.63, 3.8) is 0 Å². The molecular formula is C15H13BrN2OS. The minimum atomic E-state index is -0.0782. The fourth-order valence-corrected chi connectivity index (χ4v) is 3.76. The molecule has 0 aliphatic carbocycles. The van der Waals surface area contributed by atoms with Crippen molar-refractivity contribution in [3.05, 3.63) is 58.3 Å². The first kappa shape index (κ1) is 13.6. The molecule has 0 saturated heterocycles. The van der Waals surface area contributed by atoms with E-state index in [0.29, 0.717) is 5.56 Å². The summed E-state index contributed by atoms with van der Waals surface area (Å²) in [6.45, 7) is 0. The highest BCUT2D eigenvalue weighted by atomic mass is 79.9. The summed E-state index contributed by atoms with van der Waals surface area (Å²) in [6.07, 6.45) is 4.21. The molecule has 0 bridgehead atoms. The van der Waals surface area contributed by atoms with E-state index in [1.54, 1.807) is 18.5 Å². The number of pyridine rings is 1. The Morgan fingerprint density at radius 3 is 3.05 bits per heavy atom. The monoisotopic (exact) mass is 348 g/mol. The molecule has 1 aromatic carbocycles. The molecule has 0 saturated carbocycles. The lowest BCUT2D eigenvalue weighted by Gasteiger charge is -2.25. The number of rotatable bonds is 2. The molecule has 3 nitrogen and oxygen atoms in total. The molecule has 0 fully saturated rings. The van der Waals surface area contributed by atoms with E-state index < -0.39 is 0 Å². The van der Waals surface area contributed by atoms with Crippen LogP contribution in [0.15, 0.2) is 52.1 Å². The predicted molar refractivity (Wildman–Crippen MR) is 83.9 cm³/mol. The van der Waals surface area contributed by atoms with Crippen molar-refractivity contribution >= 4 is 33.6 Å². The van der Waals surface area contributed by atoms with Crippen LogP contribution in [0.4, 0.5) is 0 Å². The molecule has 20 heavy (non-hydrogen) atoms. The van der Waals surface area contributed by atoms with Gasteiger partial charge >= 0.3 is 0 Å². The third-order valence-electron chi connectivity index (χ3n) is 3.23. The van der Waals surface area contributed by atoms with Gasteiger partial charge in [-0.15, -0.1) is 11.8 Å². The fourth-order valence-electron chi connectivity index (χ4n) is 2.27. The highest BCUT2D eigenvalue weighted by Crippen LogP contribution is 2.35. The maximum Gasteiger partial charge on any atom is 0.253 e. The summed E-state index contributed by atoms with van der Waals surface area (Å²) < 4.78 is 0.810. The van der Waals surface area contributed by atoms with Crippen molar-refractivity contribution in [2.45, 2.75) is 17.4 Å². The largest absolute Gasteiger partial charge is 0.345 e. The lowest BCUT2D eigenvalue weighted by Crippen LogP contribution is -2.30. The van der Waals surface area contributed by atoms with Crippen LogP contribution < -0.4 is 5.32 Å². The van der Waals surface area contributed by atoms with Crippen LogP contribution in [0, 0.1) is 0 Å². The molecule has 1 atom stereocenters. The van der Waals surface area contributed by atoms with Gasteiger partial charge in [0.25, 0.3) is 5.91 Å². The van der Waals surface area contributed by atoms with Gasteiger partial charge in [0.1, 0.15) is 0 Å². The second-order valence-electron chi connectivity index (χ2n) is 4.59. The number of thioether (sulfide) groups is 1. The second-order valence-corrected chi connectivity index (χ2v) is 6.65. The highest BCUT2D eigenvalue weighted by molar-refractivity contribution is 9.10. The molecular weight excluding hydrogens is 336 g/mol. The van der Waals surface area contributed by atoms with Crippen molar-refractivity contribution in [1.29, 1.82) is 0 Å². The number of halogens is 1. The quantitative estimate of drug-likeness (QED) is 0.897. The molecule has 1 aliphatic heterocycles. The Kier molecular flexibility index (Phi) is 4.08. The number of carbonyl (C=O) groups is 1. The van der Waals surface area contributed by atoms with Gasteiger partial charge in [-0.3, -0.25) is 9.78 Å². The standard InChI is InChI=1S/C15H13BrN2OS/c16-11-7-10(8-17-9-11)15(19)18-13-5-6-20-14-4-2-1-3-12(13)14/h1-4,7-9,13H,5-6H2,(H,18,19)/t13-/m1/s1. The topological polar surface area (TPSA) is 42.0 Å². The maximum absolute atomic E-state index is 12.3. The van der Waals surface area contributed by atoms with E-state index in [1.165, 1.54) is 10.5 Å². The predicted octanol–water partition coefficient (Wildman–Crippen LogP) is 3.81. The van der Waals surface area contributed by atoms with Crippen LogP contribution >= 0.6 is 27.7 Å². The van der Waals surface area contributed by atoms with Crippen LogP contribution in [0.3, 0.4) is 0 Å². The molecule has 0 radical (unpaired) electrons. The van der Waals surface area contributed by atoms with Gasteiger partial charge in [-0.05, 0) is 40.0 Å². The number of nitrogens with zero attached hydrogens (tertiary/aromatic N) is 1. The minimum Gasteiger partial charge on any atom is -0.345 e. The van der Waals surface area contributed by atoms with Gasteiger partial charge in [0.05, 0.1) is 11.6 Å². The van der Waals surface area contributed by atoms with E-state index >= 15 is 0 Å². The van der Waals surface area contributed by atoms with Crippen molar-refractivity contribution in [1.82, 2.24) is 10.3 Å². The first-order chi connectivity index (χ1) is 9.74. The van der Waals surface area contributed by atoms with Gasteiger partial charge in [0.15, 0.2) is 0 Å². The smallest absolute Gasteiger partial charge is 0.253 e. The number of fused-ring (bicyclic) bond motifs is 1. The molecule has 5 heteroatoms. The van der Waals surface area contributed by atoms with Gasteiger partial charge in [-0.25, -0.2) is 0 Å². The lowest BCUT2D eigenvalue weighted by molar-refractivity contribution is 0.0934. The van der Waals surface area contributed by atoms with Gasteiger partial charge in [-0.1, -0.05) is 18.2 Å². The van der Waals surface area contributed by atoms with Crippen molar-refractivity contribution < 1.29 is 4.79 Å². The third-order valence-corrected chi connectivity index (χ3v) is 4.79. The van der Waals surface area contributed by atoms with Crippen LogP contribution in [-0.2, 0) is 0 Å². The average Bonchev–Trinajstić information content (AvgIpc) is 2.47. The SMILES string of the molecule is O=C(N[C@@H]1CCSc2ccccc21)c1cncc(Br)c1.